The van der Waals surface area contributed by atoms with Crippen LogP contribution in [-0.2, 0) is 16.6 Å². The van der Waals surface area contributed by atoms with E-state index >= 15 is 0 Å². The van der Waals surface area contributed by atoms with Gasteiger partial charge in [0, 0.05) is 15.7 Å². The fourth-order valence-electron chi connectivity index (χ4n) is 1.60. The topological polar surface area (TPSA) is 95.1 Å². The van der Waals surface area contributed by atoms with Crippen LogP contribution in [0.15, 0.2) is 27.7 Å². The number of aromatic nitrogens is 2. The largest absolute Gasteiger partial charge is 0.392 e. The summed E-state index contributed by atoms with van der Waals surface area (Å²) >= 11 is 3.07. The summed E-state index contributed by atoms with van der Waals surface area (Å²) in [7, 11) is -3.98. The van der Waals surface area contributed by atoms with E-state index in [0.29, 0.717) is 5.69 Å². The molecule has 0 atom stereocenters. The van der Waals surface area contributed by atoms with Gasteiger partial charge in [0.25, 0.3) is 10.0 Å². The lowest BCUT2D eigenvalue weighted by Crippen LogP contribution is -2.15. The van der Waals surface area contributed by atoms with Gasteiger partial charge in [-0.2, -0.15) is 13.5 Å². The number of H-pyrrole nitrogens is 1. The summed E-state index contributed by atoms with van der Waals surface area (Å²) in [5.74, 6) is -0.494. The van der Waals surface area contributed by atoms with Crippen LogP contribution in [-0.4, -0.2) is 23.7 Å². The molecular formula is C11H11BrFN3O3S. The highest BCUT2D eigenvalue weighted by molar-refractivity contribution is 9.10. The first-order valence-electron chi connectivity index (χ1n) is 5.47. The molecule has 0 radical (unpaired) electrons. The van der Waals surface area contributed by atoms with Crippen molar-refractivity contribution in [3.8, 4) is 0 Å². The van der Waals surface area contributed by atoms with Crippen LogP contribution in [0, 0.1) is 12.7 Å². The molecule has 2 aromatic rings. The van der Waals surface area contributed by atoms with Crippen LogP contribution < -0.4 is 4.72 Å². The van der Waals surface area contributed by atoms with E-state index in [0.717, 1.165) is 12.1 Å². The van der Waals surface area contributed by atoms with Gasteiger partial charge in [-0.3, -0.25) is 9.82 Å². The third kappa shape index (κ3) is 2.84. The zero-order chi connectivity index (χ0) is 14.9. The zero-order valence-corrected chi connectivity index (χ0v) is 12.7. The maximum atomic E-state index is 13.0. The summed E-state index contributed by atoms with van der Waals surface area (Å²) in [6.07, 6.45) is 0. The molecule has 0 saturated carbocycles. The zero-order valence-electron chi connectivity index (χ0n) is 10.3. The van der Waals surface area contributed by atoms with Gasteiger partial charge in [-0.05, 0) is 41.1 Å². The highest BCUT2D eigenvalue weighted by Gasteiger charge is 2.24. The molecule has 0 aliphatic heterocycles. The van der Waals surface area contributed by atoms with Gasteiger partial charge in [0.2, 0.25) is 5.03 Å². The molecule has 1 aromatic carbocycles. The molecule has 9 heteroatoms. The molecule has 0 amide bonds. The number of benzene rings is 1. The Hall–Kier alpha value is -1.45. The monoisotopic (exact) mass is 363 g/mol. The highest BCUT2D eigenvalue weighted by Crippen LogP contribution is 2.26. The second-order valence-corrected chi connectivity index (χ2v) is 6.47. The van der Waals surface area contributed by atoms with Crippen molar-refractivity contribution in [1.82, 2.24) is 10.2 Å². The summed E-state index contributed by atoms with van der Waals surface area (Å²) in [4.78, 5) is 0. The van der Waals surface area contributed by atoms with Gasteiger partial charge in [0.1, 0.15) is 5.82 Å². The van der Waals surface area contributed by atoms with Gasteiger partial charge in [-0.25, -0.2) is 4.39 Å². The van der Waals surface area contributed by atoms with Crippen molar-refractivity contribution in [2.24, 2.45) is 0 Å². The average molecular weight is 364 g/mol. The first-order valence-corrected chi connectivity index (χ1v) is 7.75. The average Bonchev–Trinajstić information content (AvgIpc) is 2.74. The molecule has 0 aliphatic carbocycles. The van der Waals surface area contributed by atoms with E-state index in [4.69, 9.17) is 0 Å². The summed E-state index contributed by atoms with van der Waals surface area (Å²) in [6.45, 7) is 1.15. The number of halogens is 2. The van der Waals surface area contributed by atoms with E-state index in [-0.39, 0.29) is 20.7 Å². The lowest BCUT2D eigenvalue weighted by atomic mass is 10.3. The van der Waals surface area contributed by atoms with Crippen LogP contribution in [0.3, 0.4) is 0 Å². The Labute approximate surface area is 123 Å². The molecule has 0 spiro atoms. The normalized spacial score (nSPS) is 11.6. The van der Waals surface area contributed by atoms with Crippen molar-refractivity contribution < 1.29 is 17.9 Å². The molecule has 0 fully saturated rings. The van der Waals surface area contributed by atoms with Crippen LogP contribution in [0.5, 0.6) is 0 Å². The first kappa shape index (κ1) is 14.9. The lowest BCUT2D eigenvalue weighted by molar-refractivity contribution is 0.277. The van der Waals surface area contributed by atoms with Gasteiger partial charge in [0.15, 0.2) is 0 Å². The van der Waals surface area contributed by atoms with Crippen LogP contribution in [0.1, 0.15) is 11.3 Å². The number of aliphatic hydroxyl groups is 1. The van der Waals surface area contributed by atoms with Crippen LogP contribution in [0.2, 0.25) is 0 Å². The number of rotatable bonds is 4. The smallest absolute Gasteiger partial charge is 0.281 e. The number of anilines is 1. The minimum absolute atomic E-state index is 0.177. The van der Waals surface area contributed by atoms with Crippen LogP contribution >= 0.6 is 15.9 Å². The Kier molecular flexibility index (Phi) is 4.11. The lowest BCUT2D eigenvalue weighted by Gasteiger charge is -2.09. The molecule has 0 saturated heterocycles. The molecule has 20 heavy (non-hydrogen) atoms. The Morgan fingerprint density at radius 3 is 2.80 bits per heavy atom. The second kappa shape index (κ2) is 5.51. The Bertz CT molecular complexity index is 745. The first-order chi connectivity index (χ1) is 9.35. The second-order valence-electron chi connectivity index (χ2n) is 4.02. The van der Waals surface area contributed by atoms with Crippen molar-refractivity contribution in [3.63, 3.8) is 0 Å². The number of aromatic amines is 1. The van der Waals surface area contributed by atoms with Crippen molar-refractivity contribution in [1.29, 1.82) is 0 Å². The maximum absolute atomic E-state index is 13.0. The van der Waals surface area contributed by atoms with Gasteiger partial charge in [0.05, 0.1) is 12.3 Å². The standard InChI is InChI=1S/C11H11BrFN3O3S/c1-6-8(5-17)11(15-14-6)20(18,19)16-10-3-2-7(13)4-9(10)12/h2-4,16-17H,5H2,1H3,(H,14,15). The Morgan fingerprint density at radius 1 is 1.50 bits per heavy atom. The number of sulfonamides is 1. The number of aryl methyl sites for hydroxylation is 1. The van der Waals surface area contributed by atoms with Gasteiger partial charge < -0.3 is 5.11 Å². The van der Waals surface area contributed by atoms with Crippen molar-refractivity contribution in [2.45, 2.75) is 18.6 Å². The molecule has 0 aliphatic rings. The third-order valence-corrected chi connectivity index (χ3v) is 4.62. The van der Waals surface area contributed by atoms with E-state index in [2.05, 4.69) is 30.8 Å². The van der Waals surface area contributed by atoms with Crippen molar-refractivity contribution in [3.05, 3.63) is 39.7 Å². The summed E-state index contributed by atoms with van der Waals surface area (Å²) in [5.41, 5.74) is 0.831. The maximum Gasteiger partial charge on any atom is 0.281 e. The van der Waals surface area contributed by atoms with Crippen LogP contribution in [0.25, 0.3) is 0 Å². The molecule has 2 rings (SSSR count). The fourth-order valence-corrected chi connectivity index (χ4v) is 3.46. The van der Waals surface area contributed by atoms with E-state index in [9.17, 15) is 17.9 Å². The molecule has 108 valence electrons. The van der Waals surface area contributed by atoms with Crippen LogP contribution in [0.4, 0.5) is 10.1 Å². The van der Waals surface area contributed by atoms with Gasteiger partial charge in [-0.15, -0.1) is 0 Å². The molecule has 6 nitrogen and oxygen atoms in total. The summed E-state index contributed by atoms with van der Waals surface area (Å²) in [6, 6.07) is 3.56. The highest BCUT2D eigenvalue weighted by atomic mass is 79.9. The number of hydrogen-bond acceptors (Lipinski definition) is 4. The Balaban J connectivity index is 2.41. The predicted molar refractivity (Wildman–Crippen MR) is 74.2 cm³/mol. The molecular weight excluding hydrogens is 353 g/mol. The molecule has 1 heterocycles. The molecule has 0 unspecified atom stereocenters. The summed E-state index contributed by atoms with van der Waals surface area (Å²) < 4.78 is 39.9. The quantitative estimate of drug-likeness (QED) is 0.773. The number of nitrogens with one attached hydrogen (secondary N) is 2. The minimum atomic E-state index is -3.98. The third-order valence-electron chi connectivity index (χ3n) is 2.62. The number of hydrogen-bond donors (Lipinski definition) is 3. The van der Waals surface area contributed by atoms with E-state index < -0.39 is 22.4 Å². The SMILES string of the molecule is Cc1[nH]nc(S(=O)(=O)Nc2ccc(F)cc2Br)c1CO. The van der Waals surface area contributed by atoms with E-state index in [1.807, 2.05) is 0 Å². The summed E-state index contributed by atoms with van der Waals surface area (Å²) in [5, 5.41) is 15.1. The van der Waals surface area contributed by atoms with Gasteiger partial charge >= 0.3 is 0 Å². The number of nitrogens with zero attached hydrogens (tertiary/aromatic N) is 1. The van der Waals surface area contributed by atoms with E-state index in [1.54, 1.807) is 6.92 Å². The van der Waals surface area contributed by atoms with Gasteiger partial charge in [-0.1, -0.05) is 0 Å². The fraction of sp³-hybridized carbons (Fsp3) is 0.182. The van der Waals surface area contributed by atoms with Crippen molar-refractivity contribution in [2.75, 3.05) is 4.72 Å². The molecule has 1 aromatic heterocycles. The van der Waals surface area contributed by atoms with E-state index in [1.165, 1.54) is 6.07 Å². The van der Waals surface area contributed by atoms with Crippen molar-refractivity contribution >= 4 is 31.6 Å². The minimum Gasteiger partial charge on any atom is -0.392 e. The Morgan fingerprint density at radius 2 is 2.20 bits per heavy atom. The number of aliphatic hydroxyl groups excluding tert-OH is 1. The molecule has 3 N–H and O–H groups in total. The predicted octanol–water partition coefficient (Wildman–Crippen LogP) is 1.91. The molecule has 0 bridgehead atoms.